The first-order chi connectivity index (χ1) is 31.2. The summed E-state index contributed by atoms with van der Waals surface area (Å²) in [7, 11) is 0. The van der Waals surface area contributed by atoms with Gasteiger partial charge < -0.3 is 39.1 Å². The van der Waals surface area contributed by atoms with Crippen molar-refractivity contribution in [1.29, 1.82) is 0 Å². The fourth-order valence-electron chi connectivity index (χ4n) is 7.22. The number of para-hydroxylation sites is 2. The lowest BCUT2D eigenvalue weighted by Gasteiger charge is -2.34. The third kappa shape index (κ3) is 21.9. The van der Waals surface area contributed by atoms with Crippen molar-refractivity contribution in [2.45, 2.75) is 79.1 Å². The number of anilines is 1. The van der Waals surface area contributed by atoms with Gasteiger partial charge in [-0.05, 0) is 74.4 Å². The molecule has 17 nitrogen and oxygen atoms in total. The normalized spacial score (nSPS) is 15.8. The van der Waals surface area contributed by atoms with Gasteiger partial charge in [0.2, 0.25) is 5.91 Å². The third-order valence-corrected chi connectivity index (χ3v) is 10.1. The van der Waals surface area contributed by atoms with E-state index in [1.54, 1.807) is 0 Å². The highest BCUT2D eigenvalue weighted by molar-refractivity contribution is 6.07. The molecule has 1 aliphatic heterocycles. The molecule has 17 heteroatoms. The number of hydrogen-bond donors (Lipinski definition) is 2. The van der Waals surface area contributed by atoms with E-state index in [0.717, 1.165) is 27.5 Å². The monoisotopic (exact) mass is 924 g/mol. The van der Waals surface area contributed by atoms with Gasteiger partial charge in [0.15, 0.2) is 0 Å². The van der Waals surface area contributed by atoms with Crippen molar-refractivity contribution in [2.75, 3.05) is 137 Å². The van der Waals surface area contributed by atoms with Crippen molar-refractivity contribution in [3.8, 4) is 0 Å². The summed E-state index contributed by atoms with van der Waals surface area (Å²) in [6, 6.07) is 16.2. The molecule has 0 aliphatic carbocycles. The molecule has 3 aromatic rings. The van der Waals surface area contributed by atoms with Gasteiger partial charge in [-0.2, -0.15) is 0 Å². The Kier molecular flexibility index (Phi) is 21.9. The molecule has 4 rings (SSSR count). The molecule has 0 saturated carbocycles. The third-order valence-electron chi connectivity index (χ3n) is 10.1. The van der Waals surface area contributed by atoms with Crippen molar-refractivity contribution in [2.24, 2.45) is 0 Å². The maximum Gasteiger partial charge on any atom is 0.320 e. The average Bonchev–Trinajstić information content (AvgIpc) is 3.21. The molecule has 0 unspecified atom stereocenters. The van der Waals surface area contributed by atoms with E-state index in [4.69, 9.17) is 33.4 Å². The quantitative estimate of drug-likeness (QED) is 0.0673. The molecule has 0 atom stereocenters. The highest BCUT2D eigenvalue weighted by Crippen LogP contribution is 2.30. The fraction of sp³-hybridized carbons (Fsp3) is 0.653. The number of ether oxygens (including phenoxy) is 6. The summed E-state index contributed by atoms with van der Waals surface area (Å²) in [4.78, 5) is 65.0. The second-order valence-corrected chi connectivity index (χ2v) is 19.5. The molecule has 1 fully saturated rings. The summed E-state index contributed by atoms with van der Waals surface area (Å²) in [5, 5.41) is 8.64. The van der Waals surface area contributed by atoms with Crippen LogP contribution >= 0.6 is 0 Å². The van der Waals surface area contributed by atoms with E-state index in [2.05, 4.69) is 22.8 Å². The lowest BCUT2D eigenvalue weighted by Crippen LogP contribution is -2.50. The van der Waals surface area contributed by atoms with E-state index in [1.807, 2.05) is 118 Å². The molecule has 2 heterocycles. The van der Waals surface area contributed by atoms with Gasteiger partial charge >= 0.3 is 17.9 Å². The summed E-state index contributed by atoms with van der Waals surface area (Å²) in [5.41, 5.74) is 1.02. The van der Waals surface area contributed by atoms with Crippen LogP contribution in [-0.2, 0) is 47.6 Å². The predicted octanol–water partition coefficient (Wildman–Crippen LogP) is 4.21. The number of aromatic nitrogens is 1. The van der Waals surface area contributed by atoms with E-state index in [9.17, 15) is 19.2 Å². The molecule has 1 amide bonds. The molecule has 0 bridgehead atoms. The van der Waals surface area contributed by atoms with Gasteiger partial charge in [-0.25, -0.2) is 4.98 Å². The van der Waals surface area contributed by atoms with E-state index < -0.39 is 16.8 Å². The Bertz CT molecular complexity index is 1880. The van der Waals surface area contributed by atoms with Gasteiger partial charge in [0.05, 0.1) is 82.5 Å². The van der Waals surface area contributed by atoms with Crippen LogP contribution in [0.3, 0.4) is 0 Å². The number of nitrogens with zero attached hydrogens (tertiary/aromatic N) is 5. The van der Waals surface area contributed by atoms with Gasteiger partial charge in [0.25, 0.3) is 0 Å². The van der Waals surface area contributed by atoms with Crippen molar-refractivity contribution in [1.82, 2.24) is 29.9 Å². The first-order valence-electron chi connectivity index (χ1n) is 23.3. The number of fused-ring (bicyclic) bond motifs is 2. The summed E-state index contributed by atoms with van der Waals surface area (Å²) in [6.07, 6.45) is 0. The highest BCUT2D eigenvalue weighted by Gasteiger charge is 2.26. The minimum absolute atomic E-state index is 0.0521. The Balaban J connectivity index is 1.21. The number of rotatable bonds is 21. The number of pyridine rings is 1. The topological polar surface area (TPSA) is 174 Å². The molecule has 2 aromatic carbocycles. The zero-order valence-corrected chi connectivity index (χ0v) is 41.1. The van der Waals surface area contributed by atoms with Crippen LogP contribution in [-0.4, -0.2) is 196 Å². The van der Waals surface area contributed by atoms with Gasteiger partial charge in [-0.15, -0.1) is 0 Å². The number of amides is 1. The predicted molar refractivity (Wildman–Crippen MR) is 257 cm³/mol. The van der Waals surface area contributed by atoms with E-state index in [0.29, 0.717) is 105 Å². The van der Waals surface area contributed by atoms with Gasteiger partial charge in [0.1, 0.15) is 16.8 Å². The molecule has 2 N–H and O–H groups in total. The van der Waals surface area contributed by atoms with Gasteiger partial charge in [-0.1, -0.05) is 36.4 Å². The maximum absolute atomic E-state index is 13.3. The molecular weight excluding hydrogens is 847 g/mol. The average molecular weight is 924 g/mol. The molecule has 0 radical (unpaired) electrons. The Labute approximate surface area is 392 Å². The number of nitrogens with one attached hydrogen (secondary N) is 2. The minimum atomic E-state index is -0.646. The summed E-state index contributed by atoms with van der Waals surface area (Å²) in [6.45, 7) is 23.9. The lowest BCUT2D eigenvalue weighted by molar-refractivity contribution is -0.158. The smallest absolute Gasteiger partial charge is 0.320 e. The number of carbonyl (C=O) groups excluding carboxylic acids is 4. The molecule has 368 valence electrons. The molecule has 1 aromatic heterocycles. The van der Waals surface area contributed by atoms with Gasteiger partial charge in [0, 0.05) is 76.2 Å². The molecule has 66 heavy (non-hydrogen) atoms. The van der Waals surface area contributed by atoms with Crippen LogP contribution in [0, 0.1) is 0 Å². The minimum Gasteiger partial charge on any atom is -0.459 e. The second kappa shape index (κ2) is 26.7. The Morgan fingerprint density at radius 1 is 0.485 bits per heavy atom. The Morgan fingerprint density at radius 2 is 0.818 bits per heavy atom. The Morgan fingerprint density at radius 3 is 1.20 bits per heavy atom. The van der Waals surface area contributed by atoms with E-state index in [1.165, 1.54) is 0 Å². The number of benzene rings is 2. The van der Waals surface area contributed by atoms with E-state index in [-0.39, 0.29) is 50.0 Å². The molecule has 0 spiro atoms. The second-order valence-electron chi connectivity index (χ2n) is 19.5. The van der Waals surface area contributed by atoms with Gasteiger partial charge in [-0.3, -0.25) is 38.8 Å². The van der Waals surface area contributed by atoms with Crippen LogP contribution in [0.5, 0.6) is 0 Å². The van der Waals surface area contributed by atoms with Crippen molar-refractivity contribution in [3.05, 3.63) is 48.5 Å². The first-order valence-corrected chi connectivity index (χ1v) is 23.3. The molecule has 1 aliphatic rings. The number of hydrogen-bond acceptors (Lipinski definition) is 16. The lowest BCUT2D eigenvalue weighted by atomic mass is 10.1. The summed E-state index contributed by atoms with van der Waals surface area (Å²) in [5.74, 6) is -1.23. The molecular formula is C49H77N7O10. The highest BCUT2D eigenvalue weighted by atomic mass is 16.6. The largest absolute Gasteiger partial charge is 0.459 e. The van der Waals surface area contributed by atoms with Crippen LogP contribution in [0.4, 0.5) is 5.69 Å². The van der Waals surface area contributed by atoms with Crippen molar-refractivity contribution in [3.63, 3.8) is 0 Å². The number of carbonyl (C=O) groups is 4. The van der Waals surface area contributed by atoms with Crippen LogP contribution in [0.25, 0.3) is 21.8 Å². The van der Waals surface area contributed by atoms with Crippen molar-refractivity contribution < 1.29 is 47.6 Å². The first kappa shape index (κ1) is 54.1. The molecule has 1 saturated heterocycles. The maximum atomic E-state index is 13.3. The van der Waals surface area contributed by atoms with E-state index >= 15 is 0 Å². The fourth-order valence-corrected chi connectivity index (χ4v) is 7.22. The zero-order valence-electron chi connectivity index (χ0n) is 41.1. The zero-order chi connectivity index (χ0) is 48.2. The van der Waals surface area contributed by atoms with Crippen molar-refractivity contribution >= 4 is 51.3 Å². The standard InChI is InChI=1S/C49H77N7O10/c1-47(2,3)64-43(58)35-54-22-20-53(21-23-55(36-44(59)65-48(4,5)6)25-27-56(26-24-54)37-45(60)66-49(7,8)9)34-42(57)50-18-28-61-30-32-63-33-31-62-29-19-51-46-38-14-10-12-16-40(38)52-41-17-13-11-15-39(41)46/h10-17H,18-37H2,1-9H3,(H,50,57)(H,51,52). The van der Waals surface area contributed by atoms with Crippen LogP contribution in [0.15, 0.2) is 48.5 Å². The summed E-state index contributed by atoms with van der Waals surface area (Å²) >= 11 is 0. The van der Waals surface area contributed by atoms with Crippen LogP contribution in [0.1, 0.15) is 62.3 Å². The van der Waals surface area contributed by atoms with Crippen LogP contribution in [0.2, 0.25) is 0 Å². The summed E-state index contributed by atoms with van der Waals surface area (Å²) < 4.78 is 34.2. The SMILES string of the molecule is CC(C)(C)OC(=O)CN1CCN(CC(=O)NCCOCCOCCOCCNc2c3ccccc3nc3ccccc23)CCN(CC(=O)OC(C)(C)C)CCN(CC(=O)OC(C)(C)C)CC1. The number of esters is 3. The van der Waals surface area contributed by atoms with Crippen LogP contribution < -0.4 is 10.6 Å². The Hall–Kier alpha value is -4.49.